The molecule has 0 aliphatic heterocycles. The van der Waals surface area contributed by atoms with Gasteiger partial charge < -0.3 is 20.1 Å². The number of aryl methyl sites for hydroxylation is 1. The van der Waals surface area contributed by atoms with Crippen molar-refractivity contribution in [1.29, 1.82) is 0 Å². The number of methoxy groups -OCH3 is 1. The standard InChI is InChI=1S/C23H33N3O2.HI/c1-19-11-12-21(22(17-19)27-3)18-26-23(24-2)25-14-7-8-15-28-16-13-20-9-5-4-6-10-20;/h4-6,9-12,17H,7-8,13-16,18H2,1-3H3,(H2,24,25,26);1H. The molecule has 0 saturated carbocycles. The van der Waals surface area contributed by atoms with Gasteiger partial charge in [0.2, 0.25) is 0 Å². The van der Waals surface area contributed by atoms with E-state index in [4.69, 9.17) is 9.47 Å². The van der Waals surface area contributed by atoms with Gasteiger partial charge in [-0.2, -0.15) is 0 Å². The maximum absolute atomic E-state index is 5.72. The minimum absolute atomic E-state index is 0. The number of halogens is 1. The Morgan fingerprint density at radius 3 is 2.52 bits per heavy atom. The Bertz CT molecular complexity index is 723. The molecule has 0 spiro atoms. The fourth-order valence-corrected chi connectivity index (χ4v) is 2.87. The number of aliphatic imine (C=N–C) groups is 1. The molecule has 0 bridgehead atoms. The molecule has 0 fully saturated rings. The number of unbranched alkanes of at least 4 members (excludes halogenated alkanes) is 1. The Morgan fingerprint density at radius 2 is 1.79 bits per heavy atom. The summed E-state index contributed by atoms with van der Waals surface area (Å²) in [5, 5.41) is 6.68. The third-order valence-electron chi connectivity index (χ3n) is 4.50. The summed E-state index contributed by atoms with van der Waals surface area (Å²) < 4.78 is 11.2. The zero-order valence-corrected chi connectivity index (χ0v) is 20.1. The lowest BCUT2D eigenvalue weighted by molar-refractivity contribution is 0.133. The molecule has 29 heavy (non-hydrogen) atoms. The molecule has 160 valence electrons. The van der Waals surface area contributed by atoms with E-state index in [1.807, 2.05) is 12.1 Å². The quantitative estimate of drug-likeness (QED) is 0.204. The van der Waals surface area contributed by atoms with E-state index >= 15 is 0 Å². The largest absolute Gasteiger partial charge is 0.496 e. The van der Waals surface area contributed by atoms with E-state index < -0.39 is 0 Å². The van der Waals surface area contributed by atoms with Crippen molar-refractivity contribution < 1.29 is 9.47 Å². The first kappa shape index (κ1) is 25.2. The predicted molar refractivity (Wildman–Crippen MR) is 132 cm³/mol. The van der Waals surface area contributed by atoms with E-state index in [1.165, 1.54) is 11.1 Å². The number of benzene rings is 2. The molecule has 0 aromatic heterocycles. The number of hydrogen-bond acceptors (Lipinski definition) is 3. The Balaban J connectivity index is 0.00000420. The predicted octanol–water partition coefficient (Wildman–Crippen LogP) is 4.33. The van der Waals surface area contributed by atoms with Gasteiger partial charge in [0.1, 0.15) is 5.75 Å². The van der Waals surface area contributed by atoms with Gasteiger partial charge in [-0.1, -0.05) is 42.5 Å². The van der Waals surface area contributed by atoms with Crippen LogP contribution in [-0.4, -0.2) is 39.9 Å². The summed E-state index contributed by atoms with van der Waals surface area (Å²) in [4.78, 5) is 4.28. The SMILES string of the molecule is CN=C(NCCCCOCCc1ccccc1)NCc1ccc(C)cc1OC.I. The van der Waals surface area contributed by atoms with Gasteiger partial charge in [-0.05, 0) is 43.4 Å². The molecular formula is C23H34IN3O2. The van der Waals surface area contributed by atoms with E-state index in [-0.39, 0.29) is 24.0 Å². The van der Waals surface area contributed by atoms with Crippen molar-refractivity contribution in [1.82, 2.24) is 10.6 Å². The molecule has 0 unspecified atom stereocenters. The van der Waals surface area contributed by atoms with Crippen LogP contribution in [0.4, 0.5) is 0 Å². The molecule has 0 aliphatic rings. The van der Waals surface area contributed by atoms with Gasteiger partial charge in [-0.25, -0.2) is 0 Å². The van der Waals surface area contributed by atoms with Crippen molar-refractivity contribution in [2.75, 3.05) is 33.9 Å². The van der Waals surface area contributed by atoms with Gasteiger partial charge in [0, 0.05) is 32.3 Å². The third-order valence-corrected chi connectivity index (χ3v) is 4.50. The molecule has 2 aromatic rings. The highest BCUT2D eigenvalue weighted by Crippen LogP contribution is 2.19. The average Bonchev–Trinajstić information content (AvgIpc) is 2.73. The average molecular weight is 511 g/mol. The van der Waals surface area contributed by atoms with Crippen molar-refractivity contribution in [3.05, 3.63) is 65.2 Å². The fourth-order valence-electron chi connectivity index (χ4n) is 2.87. The van der Waals surface area contributed by atoms with Gasteiger partial charge in [0.25, 0.3) is 0 Å². The Morgan fingerprint density at radius 1 is 1.00 bits per heavy atom. The van der Waals surface area contributed by atoms with E-state index in [9.17, 15) is 0 Å². The van der Waals surface area contributed by atoms with Crippen LogP contribution < -0.4 is 15.4 Å². The van der Waals surface area contributed by atoms with Crippen LogP contribution in [0, 0.1) is 6.92 Å². The first-order chi connectivity index (χ1) is 13.7. The molecule has 2 aromatic carbocycles. The van der Waals surface area contributed by atoms with Gasteiger partial charge in [-0.15, -0.1) is 24.0 Å². The molecular weight excluding hydrogens is 477 g/mol. The molecule has 5 nitrogen and oxygen atoms in total. The lowest BCUT2D eigenvalue weighted by atomic mass is 10.1. The van der Waals surface area contributed by atoms with Crippen molar-refractivity contribution >= 4 is 29.9 Å². The zero-order valence-electron chi connectivity index (χ0n) is 17.7. The number of ether oxygens (including phenoxy) is 2. The van der Waals surface area contributed by atoms with Crippen LogP contribution in [0.15, 0.2) is 53.5 Å². The molecule has 0 heterocycles. The van der Waals surface area contributed by atoms with E-state index in [2.05, 4.69) is 58.9 Å². The summed E-state index contributed by atoms with van der Waals surface area (Å²) in [6, 6.07) is 16.7. The molecule has 6 heteroatoms. The minimum atomic E-state index is 0. The lowest BCUT2D eigenvalue weighted by Crippen LogP contribution is -2.37. The summed E-state index contributed by atoms with van der Waals surface area (Å²) in [6.07, 6.45) is 3.04. The second-order valence-electron chi connectivity index (χ2n) is 6.72. The summed E-state index contributed by atoms with van der Waals surface area (Å²) in [5.41, 5.74) is 3.63. The van der Waals surface area contributed by atoms with Gasteiger partial charge in [0.05, 0.1) is 13.7 Å². The summed E-state index contributed by atoms with van der Waals surface area (Å²) in [5.74, 6) is 1.70. The highest BCUT2D eigenvalue weighted by atomic mass is 127. The monoisotopic (exact) mass is 511 g/mol. The smallest absolute Gasteiger partial charge is 0.191 e. The molecule has 0 amide bonds. The van der Waals surface area contributed by atoms with Crippen LogP contribution in [0.1, 0.15) is 29.5 Å². The van der Waals surface area contributed by atoms with Crippen LogP contribution in [0.2, 0.25) is 0 Å². The third kappa shape index (κ3) is 9.99. The zero-order chi connectivity index (χ0) is 20.0. The second-order valence-corrected chi connectivity index (χ2v) is 6.72. The topological polar surface area (TPSA) is 54.9 Å². The van der Waals surface area contributed by atoms with E-state index in [0.29, 0.717) is 6.54 Å². The number of hydrogen-bond donors (Lipinski definition) is 2. The fraction of sp³-hybridized carbons (Fsp3) is 0.435. The highest BCUT2D eigenvalue weighted by molar-refractivity contribution is 14.0. The molecule has 0 radical (unpaired) electrons. The molecule has 0 aliphatic carbocycles. The van der Waals surface area contributed by atoms with Crippen LogP contribution in [0.3, 0.4) is 0 Å². The van der Waals surface area contributed by atoms with Gasteiger partial charge >= 0.3 is 0 Å². The van der Waals surface area contributed by atoms with Gasteiger partial charge in [-0.3, -0.25) is 4.99 Å². The Hall–Kier alpha value is -1.80. The molecule has 2 N–H and O–H groups in total. The number of rotatable bonds is 11. The maximum Gasteiger partial charge on any atom is 0.191 e. The lowest BCUT2D eigenvalue weighted by Gasteiger charge is -2.14. The van der Waals surface area contributed by atoms with Gasteiger partial charge in [0.15, 0.2) is 5.96 Å². The first-order valence-electron chi connectivity index (χ1n) is 9.92. The number of nitrogens with one attached hydrogen (secondary N) is 2. The first-order valence-corrected chi connectivity index (χ1v) is 9.92. The van der Waals surface area contributed by atoms with E-state index in [0.717, 1.165) is 56.3 Å². The van der Waals surface area contributed by atoms with Crippen LogP contribution in [0.25, 0.3) is 0 Å². The number of guanidine groups is 1. The second kappa shape index (κ2) is 15.1. The van der Waals surface area contributed by atoms with Crippen LogP contribution >= 0.6 is 24.0 Å². The van der Waals surface area contributed by atoms with Crippen molar-refractivity contribution in [3.63, 3.8) is 0 Å². The summed E-state index contributed by atoms with van der Waals surface area (Å²) in [6.45, 7) is 5.17. The van der Waals surface area contributed by atoms with Crippen LogP contribution in [0.5, 0.6) is 5.75 Å². The normalized spacial score (nSPS) is 10.9. The molecule has 2 rings (SSSR count). The highest BCUT2D eigenvalue weighted by Gasteiger charge is 2.04. The van der Waals surface area contributed by atoms with Crippen molar-refractivity contribution in [2.45, 2.75) is 32.7 Å². The Labute approximate surface area is 192 Å². The Kier molecular flexibility index (Phi) is 13.1. The molecule has 0 atom stereocenters. The van der Waals surface area contributed by atoms with Crippen LogP contribution in [-0.2, 0) is 17.7 Å². The van der Waals surface area contributed by atoms with Crippen molar-refractivity contribution in [3.8, 4) is 5.75 Å². The summed E-state index contributed by atoms with van der Waals surface area (Å²) in [7, 11) is 3.49. The van der Waals surface area contributed by atoms with E-state index in [1.54, 1.807) is 14.2 Å². The minimum Gasteiger partial charge on any atom is -0.496 e. The summed E-state index contributed by atoms with van der Waals surface area (Å²) >= 11 is 0. The molecule has 0 saturated heterocycles. The van der Waals surface area contributed by atoms with Crippen molar-refractivity contribution in [2.24, 2.45) is 4.99 Å². The maximum atomic E-state index is 5.72. The number of nitrogens with zero attached hydrogens (tertiary/aromatic N) is 1.